The molecule has 0 bridgehead atoms. The fraction of sp³-hybridized carbons (Fsp3) is 0.800. The Bertz CT molecular complexity index is 488. The molecule has 1 rings (SSSR count). The van der Waals surface area contributed by atoms with E-state index in [-0.39, 0.29) is 12.1 Å². The van der Waals surface area contributed by atoms with E-state index in [1.165, 1.54) is 77.0 Å². The van der Waals surface area contributed by atoms with E-state index < -0.39 is 0 Å². The summed E-state index contributed by atoms with van der Waals surface area (Å²) in [4.78, 5) is 11.5. The standard InChI is InChI=1S/C25H47N3O/c1-5-7-8-9-10-11-12-13-14-15-16-17-18-19-20-25-26-21-22-28(25,6-2)23(3)27-24(4)29/h9-10,21-23,25-26H,5-8,11-20H2,1-4H3/p+1/b10-9+. The summed E-state index contributed by atoms with van der Waals surface area (Å²) in [5.41, 5.74) is 0. The Morgan fingerprint density at radius 2 is 1.59 bits per heavy atom. The van der Waals surface area contributed by atoms with Crippen LogP contribution in [0, 0.1) is 0 Å². The van der Waals surface area contributed by atoms with E-state index in [0.29, 0.717) is 6.17 Å². The lowest BCUT2D eigenvalue weighted by molar-refractivity contribution is -0.923. The summed E-state index contributed by atoms with van der Waals surface area (Å²) in [6.07, 6.45) is 26.7. The van der Waals surface area contributed by atoms with Gasteiger partial charge < -0.3 is 10.6 Å². The van der Waals surface area contributed by atoms with Crippen LogP contribution >= 0.6 is 0 Å². The number of hydrogen-bond donors (Lipinski definition) is 2. The van der Waals surface area contributed by atoms with Crippen LogP contribution in [0.5, 0.6) is 0 Å². The average Bonchev–Trinajstić information content (AvgIpc) is 3.12. The summed E-state index contributed by atoms with van der Waals surface area (Å²) in [5.74, 6) is 0.0509. The SMILES string of the molecule is CCCC/C=C/CCCCCCCCCCC1NC=C[N+]1(CC)C(C)NC(C)=O. The minimum atomic E-state index is 0.0509. The van der Waals surface area contributed by atoms with Crippen molar-refractivity contribution in [3.63, 3.8) is 0 Å². The average molecular weight is 407 g/mol. The van der Waals surface area contributed by atoms with Crippen LogP contribution in [0.4, 0.5) is 0 Å². The van der Waals surface area contributed by atoms with Crippen LogP contribution in [0.25, 0.3) is 0 Å². The number of allylic oxidation sites excluding steroid dienone is 2. The van der Waals surface area contributed by atoms with Crippen molar-refractivity contribution in [3.05, 3.63) is 24.6 Å². The Morgan fingerprint density at radius 1 is 1.00 bits per heavy atom. The van der Waals surface area contributed by atoms with Crippen molar-refractivity contribution in [2.75, 3.05) is 6.54 Å². The molecule has 0 saturated carbocycles. The largest absolute Gasteiger partial charge is 0.338 e. The number of nitrogens with zero attached hydrogens (tertiary/aromatic N) is 1. The van der Waals surface area contributed by atoms with E-state index in [4.69, 9.17) is 0 Å². The summed E-state index contributed by atoms with van der Waals surface area (Å²) in [7, 11) is 0. The summed E-state index contributed by atoms with van der Waals surface area (Å²) in [6, 6.07) is 0. The van der Waals surface area contributed by atoms with Crippen molar-refractivity contribution in [3.8, 4) is 0 Å². The Kier molecular flexibility index (Phi) is 13.8. The van der Waals surface area contributed by atoms with Gasteiger partial charge in [-0.1, -0.05) is 70.4 Å². The van der Waals surface area contributed by atoms with E-state index in [9.17, 15) is 4.79 Å². The first-order valence-electron chi connectivity index (χ1n) is 12.3. The van der Waals surface area contributed by atoms with Gasteiger partial charge in [0.15, 0.2) is 12.3 Å². The fourth-order valence-corrected chi connectivity index (χ4v) is 4.49. The zero-order chi connectivity index (χ0) is 21.4. The Labute approximate surface area is 180 Å². The van der Waals surface area contributed by atoms with Crippen molar-refractivity contribution in [2.24, 2.45) is 0 Å². The lowest BCUT2D eigenvalue weighted by atomic mass is 10.0. The van der Waals surface area contributed by atoms with E-state index in [2.05, 4.69) is 56.0 Å². The molecule has 1 aliphatic rings. The maximum atomic E-state index is 11.5. The topological polar surface area (TPSA) is 41.1 Å². The number of nitrogens with one attached hydrogen (secondary N) is 2. The van der Waals surface area contributed by atoms with Crippen molar-refractivity contribution < 1.29 is 9.28 Å². The highest BCUT2D eigenvalue weighted by Gasteiger charge is 2.41. The highest BCUT2D eigenvalue weighted by molar-refractivity contribution is 5.72. The second kappa shape index (κ2) is 15.5. The van der Waals surface area contributed by atoms with Gasteiger partial charge in [-0.3, -0.25) is 9.28 Å². The summed E-state index contributed by atoms with van der Waals surface area (Å²) in [6.45, 7) is 9.18. The second-order valence-corrected chi connectivity index (χ2v) is 8.71. The summed E-state index contributed by atoms with van der Waals surface area (Å²) in [5, 5.41) is 6.63. The third-order valence-corrected chi connectivity index (χ3v) is 6.39. The van der Waals surface area contributed by atoms with Crippen molar-refractivity contribution in [1.29, 1.82) is 0 Å². The van der Waals surface area contributed by atoms with Gasteiger partial charge in [-0.2, -0.15) is 0 Å². The summed E-state index contributed by atoms with van der Waals surface area (Å²) >= 11 is 0. The van der Waals surface area contributed by atoms with Crippen LogP contribution in [0.3, 0.4) is 0 Å². The molecule has 1 aliphatic heterocycles. The molecule has 0 radical (unpaired) electrons. The van der Waals surface area contributed by atoms with Gasteiger partial charge in [-0.25, -0.2) is 0 Å². The molecule has 29 heavy (non-hydrogen) atoms. The Hall–Kier alpha value is -1.29. The third kappa shape index (κ3) is 9.84. The van der Waals surface area contributed by atoms with Gasteiger partial charge in [-0.05, 0) is 32.6 Å². The second-order valence-electron chi connectivity index (χ2n) is 8.71. The Morgan fingerprint density at radius 3 is 2.17 bits per heavy atom. The molecule has 3 atom stereocenters. The molecule has 1 amide bonds. The minimum absolute atomic E-state index is 0.0509. The molecule has 0 aliphatic carbocycles. The van der Waals surface area contributed by atoms with E-state index >= 15 is 0 Å². The number of amides is 1. The summed E-state index contributed by atoms with van der Waals surface area (Å²) < 4.78 is 0.812. The van der Waals surface area contributed by atoms with E-state index in [1.54, 1.807) is 6.92 Å². The zero-order valence-electron chi connectivity index (χ0n) is 19.7. The smallest absolute Gasteiger partial charge is 0.221 e. The molecule has 3 unspecified atom stereocenters. The number of rotatable bonds is 17. The monoisotopic (exact) mass is 406 g/mol. The van der Waals surface area contributed by atoms with Gasteiger partial charge in [0.05, 0.1) is 12.7 Å². The molecule has 1 heterocycles. The van der Waals surface area contributed by atoms with Crippen molar-refractivity contribution in [2.45, 2.75) is 123 Å². The lowest BCUT2D eigenvalue weighted by Crippen LogP contribution is -2.62. The van der Waals surface area contributed by atoms with Gasteiger partial charge in [0, 0.05) is 20.3 Å². The molecule has 0 aromatic heterocycles. The molecule has 0 saturated heterocycles. The van der Waals surface area contributed by atoms with E-state index in [0.717, 1.165) is 17.4 Å². The number of carbonyl (C=O) groups excluding carboxylic acids is 1. The van der Waals surface area contributed by atoms with Gasteiger partial charge >= 0.3 is 0 Å². The number of unbranched alkanes of at least 4 members (excludes halogenated alkanes) is 10. The molecular weight excluding hydrogens is 358 g/mol. The molecule has 0 aromatic rings. The molecule has 4 heteroatoms. The van der Waals surface area contributed by atoms with Gasteiger partial charge in [-0.15, -0.1) is 0 Å². The maximum Gasteiger partial charge on any atom is 0.221 e. The first-order chi connectivity index (χ1) is 14.1. The normalized spacial score (nSPS) is 22.1. The quantitative estimate of drug-likeness (QED) is 0.168. The van der Waals surface area contributed by atoms with Gasteiger partial charge in [0.25, 0.3) is 0 Å². The van der Waals surface area contributed by atoms with Crippen LogP contribution in [-0.2, 0) is 4.79 Å². The van der Waals surface area contributed by atoms with Crippen LogP contribution in [0.15, 0.2) is 24.6 Å². The molecule has 4 nitrogen and oxygen atoms in total. The first kappa shape index (κ1) is 25.7. The van der Waals surface area contributed by atoms with Crippen LogP contribution in [-0.4, -0.2) is 29.3 Å². The molecule has 168 valence electrons. The predicted octanol–water partition coefficient (Wildman–Crippen LogP) is 6.35. The third-order valence-electron chi connectivity index (χ3n) is 6.39. The number of hydrogen-bond acceptors (Lipinski definition) is 2. The van der Waals surface area contributed by atoms with Crippen LogP contribution in [0.1, 0.15) is 111 Å². The molecule has 0 aromatic carbocycles. The molecular formula is C25H48N3O+. The predicted molar refractivity (Wildman–Crippen MR) is 125 cm³/mol. The van der Waals surface area contributed by atoms with E-state index in [1.807, 2.05) is 0 Å². The molecule has 0 fully saturated rings. The molecule has 2 N–H and O–H groups in total. The molecule has 0 spiro atoms. The first-order valence-corrected chi connectivity index (χ1v) is 12.3. The number of quaternary nitrogens is 1. The van der Waals surface area contributed by atoms with Crippen molar-refractivity contribution in [1.82, 2.24) is 10.6 Å². The Balaban J connectivity index is 2.08. The lowest BCUT2D eigenvalue weighted by Gasteiger charge is -2.41. The fourth-order valence-electron chi connectivity index (χ4n) is 4.49. The highest BCUT2D eigenvalue weighted by Crippen LogP contribution is 2.26. The number of carbonyl (C=O) groups is 1. The van der Waals surface area contributed by atoms with Crippen LogP contribution < -0.4 is 10.6 Å². The van der Waals surface area contributed by atoms with Crippen LogP contribution in [0.2, 0.25) is 0 Å². The van der Waals surface area contributed by atoms with Crippen molar-refractivity contribution >= 4 is 5.91 Å². The van der Waals surface area contributed by atoms with Gasteiger partial charge in [0.1, 0.15) is 6.20 Å². The maximum absolute atomic E-state index is 11.5. The highest BCUT2D eigenvalue weighted by atomic mass is 16.1. The minimum Gasteiger partial charge on any atom is -0.338 e. The zero-order valence-corrected chi connectivity index (χ0v) is 19.7. The van der Waals surface area contributed by atoms with Gasteiger partial charge in [0.2, 0.25) is 5.91 Å².